The molecular weight excluding hydrogens is 319 g/mol. The normalized spacial score (nSPS) is 19.8. The number of alkyl halides is 3. The third-order valence-corrected chi connectivity index (χ3v) is 4.73. The summed E-state index contributed by atoms with van der Waals surface area (Å²) >= 11 is 0. The molecule has 0 bridgehead atoms. The molecule has 0 atom stereocenters. The zero-order valence-corrected chi connectivity index (χ0v) is 13.6. The van der Waals surface area contributed by atoms with E-state index in [1.165, 1.54) is 12.1 Å². The third kappa shape index (κ3) is 4.01. The predicted molar refractivity (Wildman–Crippen MR) is 85.9 cm³/mol. The summed E-state index contributed by atoms with van der Waals surface area (Å²) in [6.45, 7) is 4.76. The largest absolute Gasteiger partial charge is 0.416 e. The van der Waals surface area contributed by atoms with E-state index in [-0.39, 0.29) is 5.91 Å². The highest BCUT2D eigenvalue weighted by Gasteiger charge is 2.31. The van der Waals surface area contributed by atoms with E-state index in [1.54, 1.807) is 6.07 Å². The van der Waals surface area contributed by atoms with Crippen molar-refractivity contribution in [2.45, 2.75) is 19.0 Å². The number of hydrogen-bond acceptors (Lipinski definition) is 3. The summed E-state index contributed by atoms with van der Waals surface area (Å²) in [6.07, 6.45) is -2.16. The van der Waals surface area contributed by atoms with Crippen molar-refractivity contribution in [2.24, 2.45) is 0 Å². The molecule has 7 heteroatoms. The first-order valence-electron chi connectivity index (χ1n) is 8.36. The average Bonchev–Trinajstić information content (AvgIpc) is 3.09. The summed E-state index contributed by atoms with van der Waals surface area (Å²) in [6, 6.07) is 5.45. The van der Waals surface area contributed by atoms with Crippen molar-refractivity contribution in [3.05, 3.63) is 29.8 Å². The average molecular weight is 341 g/mol. The van der Waals surface area contributed by atoms with E-state index in [0.29, 0.717) is 38.4 Å². The zero-order chi connectivity index (χ0) is 17.2. The van der Waals surface area contributed by atoms with Crippen LogP contribution in [-0.4, -0.2) is 61.5 Å². The SMILES string of the molecule is O=C(CN1CCN(c2cccc(C(F)(F)F)c2)CC1)N1CCCC1. The second kappa shape index (κ2) is 7.01. The van der Waals surface area contributed by atoms with Crippen molar-refractivity contribution in [3.63, 3.8) is 0 Å². The van der Waals surface area contributed by atoms with Crippen molar-refractivity contribution in [2.75, 3.05) is 50.7 Å². The molecule has 24 heavy (non-hydrogen) atoms. The molecule has 3 rings (SSSR count). The topological polar surface area (TPSA) is 26.8 Å². The van der Waals surface area contributed by atoms with Crippen molar-refractivity contribution in [1.29, 1.82) is 0 Å². The van der Waals surface area contributed by atoms with Gasteiger partial charge in [-0.3, -0.25) is 9.69 Å². The molecule has 2 saturated heterocycles. The van der Waals surface area contributed by atoms with E-state index in [4.69, 9.17) is 0 Å². The number of hydrogen-bond donors (Lipinski definition) is 0. The van der Waals surface area contributed by atoms with Gasteiger partial charge in [-0.2, -0.15) is 13.2 Å². The first kappa shape index (κ1) is 17.1. The lowest BCUT2D eigenvalue weighted by Gasteiger charge is -2.36. The number of rotatable bonds is 3. The Morgan fingerprint density at radius 2 is 1.67 bits per heavy atom. The molecule has 0 saturated carbocycles. The quantitative estimate of drug-likeness (QED) is 0.845. The van der Waals surface area contributed by atoms with Crippen LogP contribution >= 0.6 is 0 Å². The third-order valence-electron chi connectivity index (χ3n) is 4.73. The fraction of sp³-hybridized carbons (Fsp3) is 0.588. The number of anilines is 1. The van der Waals surface area contributed by atoms with Crippen LogP contribution in [0, 0.1) is 0 Å². The van der Waals surface area contributed by atoms with Crippen LogP contribution in [0.2, 0.25) is 0 Å². The lowest BCUT2D eigenvalue weighted by atomic mass is 10.1. The highest BCUT2D eigenvalue weighted by Crippen LogP contribution is 2.31. The summed E-state index contributed by atoms with van der Waals surface area (Å²) in [5.41, 5.74) is -0.0259. The van der Waals surface area contributed by atoms with Gasteiger partial charge in [0.15, 0.2) is 0 Å². The summed E-state index contributed by atoms with van der Waals surface area (Å²) in [5, 5.41) is 0. The monoisotopic (exact) mass is 341 g/mol. The molecule has 4 nitrogen and oxygen atoms in total. The van der Waals surface area contributed by atoms with Gasteiger partial charge in [0, 0.05) is 45.0 Å². The lowest BCUT2D eigenvalue weighted by Crippen LogP contribution is -2.49. The van der Waals surface area contributed by atoms with Gasteiger partial charge in [-0.1, -0.05) is 6.07 Å². The highest BCUT2D eigenvalue weighted by molar-refractivity contribution is 5.78. The molecule has 0 spiro atoms. The van der Waals surface area contributed by atoms with Gasteiger partial charge in [0.2, 0.25) is 5.91 Å². The molecule has 1 amide bonds. The zero-order valence-electron chi connectivity index (χ0n) is 13.6. The molecule has 2 fully saturated rings. The molecule has 0 aromatic heterocycles. The standard InChI is InChI=1S/C17H22F3N3O/c18-17(19,20)14-4-3-5-15(12-14)22-10-8-21(9-11-22)13-16(24)23-6-1-2-7-23/h3-5,12H,1-2,6-11,13H2. The van der Waals surface area contributed by atoms with Crippen molar-refractivity contribution >= 4 is 11.6 Å². The first-order valence-corrected chi connectivity index (χ1v) is 8.36. The Morgan fingerprint density at radius 3 is 2.29 bits per heavy atom. The van der Waals surface area contributed by atoms with Gasteiger partial charge >= 0.3 is 6.18 Å². The molecule has 2 aliphatic rings. The number of carbonyl (C=O) groups is 1. The van der Waals surface area contributed by atoms with E-state index in [0.717, 1.165) is 32.0 Å². The number of benzene rings is 1. The van der Waals surface area contributed by atoms with E-state index in [2.05, 4.69) is 4.90 Å². The van der Waals surface area contributed by atoms with Crippen LogP contribution in [0.25, 0.3) is 0 Å². The minimum Gasteiger partial charge on any atom is -0.369 e. The van der Waals surface area contributed by atoms with Crippen molar-refractivity contribution in [3.8, 4) is 0 Å². The summed E-state index contributed by atoms with van der Waals surface area (Å²) in [4.78, 5) is 18.1. The molecular formula is C17H22F3N3O. The van der Waals surface area contributed by atoms with E-state index >= 15 is 0 Å². The molecule has 2 heterocycles. The Morgan fingerprint density at radius 1 is 1.00 bits per heavy atom. The van der Waals surface area contributed by atoms with Gasteiger partial charge in [0.25, 0.3) is 0 Å². The molecule has 1 aromatic rings. The molecule has 0 radical (unpaired) electrons. The fourth-order valence-electron chi connectivity index (χ4n) is 3.30. The maximum atomic E-state index is 12.8. The minimum absolute atomic E-state index is 0.167. The van der Waals surface area contributed by atoms with Gasteiger partial charge in [0.1, 0.15) is 0 Å². The Labute approximate surface area is 139 Å². The predicted octanol–water partition coefficient (Wildman–Crippen LogP) is 2.45. The molecule has 1 aromatic carbocycles. The number of nitrogens with zero attached hydrogens (tertiary/aromatic N) is 3. The van der Waals surface area contributed by atoms with Crippen LogP contribution in [0.15, 0.2) is 24.3 Å². The fourth-order valence-corrected chi connectivity index (χ4v) is 3.30. The van der Waals surface area contributed by atoms with Crippen LogP contribution in [0.4, 0.5) is 18.9 Å². The summed E-state index contributed by atoms with van der Waals surface area (Å²) in [5.74, 6) is 0.167. The number of piperazine rings is 1. The Kier molecular flexibility index (Phi) is 4.99. The van der Waals surface area contributed by atoms with Gasteiger partial charge in [-0.25, -0.2) is 0 Å². The second-order valence-corrected chi connectivity index (χ2v) is 6.40. The number of amides is 1. The maximum absolute atomic E-state index is 12.8. The van der Waals surface area contributed by atoms with E-state index in [1.807, 2.05) is 9.80 Å². The molecule has 0 unspecified atom stereocenters. The number of likely N-dealkylation sites (tertiary alicyclic amines) is 1. The summed E-state index contributed by atoms with van der Waals surface area (Å²) in [7, 11) is 0. The van der Waals surface area contributed by atoms with Gasteiger partial charge in [0.05, 0.1) is 12.1 Å². The van der Waals surface area contributed by atoms with E-state index in [9.17, 15) is 18.0 Å². The lowest BCUT2D eigenvalue weighted by molar-refractivity contribution is -0.137. The van der Waals surface area contributed by atoms with Crippen molar-refractivity contribution in [1.82, 2.24) is 9.80 Å². The van der Waals surface area contributed by atoms with Gasteiger partial charge in [-0.05, 0) is 31.0 Å². The molecule has 132 valence electrons. The second-order valence-electron chi connectivity index (χ2n) is 6.40. The minimum atomic E-state index is -4.32. The van der Waals surface area contributed by atoms with Crippen LogP contribution in [0.5, 0.6) is 0 Å². The van der Waals surface area contributed by atoms with Crippen LogP contribution in [0.3, 0.4) is 0 Å². The van der Waals surface area contributed by atoms with Crippen LogP contribution < -0.4 is 4.90 Å². The maximum Gasteiger partial charge on any atom is 0.416 e. The van der Waals surface area contributed by atoms with Crippen LogP contribution in [-0.2, 0) is 11.0 Å². The molecule has 0 aliphatic carbocycles. The highest BCUT2D eigenvalue weighted by atomic mass is 19.4. The Hall–Kier alpha value is -1.76. The Bertz CT molecular complexity index is 577. The van der Waals surface area contributed by atoms with Gasteiger partial charge < -0.3 is 9.80 Å². The van der Waals surface area contributed by atoms with E-state index < -0.39 is 11.7 Å². The molecule has 0 N–H and O–H groups in total. The molecule has 2 aliphatic heterocycles. The Balaban J connectivity index is 1.54. The smallest absolute Gasteiger partial charge is 0.369 e. The first-order chi connectivity index (χ1) is 11.4. The number of carbonyl (C=O) groups excluding carboxylic acids is 1. The summed E-state index contributed by atoms with van der Waals surface area (Å²) < 4.78 is 38.5. The van der Waals surface area contributed by atoms with Crippen molar-refractivity contribution < 1.29 is 18.0 Å². The van der Waals surface area contributed by atoms with Crippen LogP contribution in [0.1, 0.15) is 18.4 Å². The number of halogens is 3. The van der Waals surface area contributed by atoms with Gasteiger partial charge in [-0.15, -0.1) is 0 Å².